The molecule has 2 amide bonds. The van der Waals surface area contributed by atoms with Crippen molar-refractivity contribution in [3.8, 4) is 12.3 Å². The second kappa shape index (κ2) is 5.23. The summed E-state index contributed by atoms with van der Waals surface area (Å²) in [6.45, 7) is 0.479. The average Bonchev–Trinajstić information content (AvgIpc) is 2.36. The highest BCUT2D eigenvalue weighted by Gasteiger charge is 2.22. The molecule has 92 valence electrons. The van der Waals surface area contributed by atoms with Crippen molar-refractivity contribution in [1.82, 2.24) is 5.32 Å². The maximum absolute atomic E-state index is 11.6. The average molecular weight is 243 g/mol. The molecule has 0 bridgehead atoms. The molecule has 1 aliphatic rings. The summed E-state index contributed by atoms with van der Waals surface area (Å²) in [6.07, 6.45) is 5.07. The minimum atomic E-state index is -0.197. The summed E-state index contributed by atoms with van der Waals surface area (Å²) in [6, 6.07) is 7.37. The van der Waals surface area contributed by atoms with Crippen LogP contribution in [0.1, 0.15) is 0 Å². The number of hydrogen-bond acceptors (Lipinski definition) is 3. The van der Waals surface area contributed by atoms with E-state index in [9.17, 15) is 9.59 Å². The van der Waals surface area contributed by atoms with Gasteiger partial charge in [-0.3, -0.25) is 9.59 Å². The Labute approximate surface area is 105 Å². The highest BCUT2D eigenvalue weighted by Crippen LogP contribution is 2.28. The number of carbonyl (C=O) groups excluding carboxylic acids is 2. The van der Waals surface area contributed by atoms with Gasteiger partial charge in [0, 0.05) is 0 Å². The van der Waals surface area contributed by atoms with Crippen molar-refractivity contribution in [3.05, 3.63) is 24.3 Å². The summed E-state index contributed by atoms with van der Waals surface area (Å²) in [7, 11) is 0. The molecule has 0 fully saturated rings. The first-order chi connectivity index (χ1) is 8.70. The fraction of sp³-hybridized carbons (Fsp3) is 0.231. The Balaban J connectivity index is 2.12. The zero-order valence-corrected chi connectivity index (χ0v) is 9.77. The fourth-order valence-electron chi connectivity index (χ4n) is 1.82. The van der Waals surface area contributed by atoms with E-state index in [0.29, 0.717) is 0 Å². The quantitative estimate of drug-likeness (QED) is 0.745. The van der Waals surface area contributed by atoms with Crippen LogP contribution in [-0.2, 0) is 9.59 Å². The van der Waals surface area contributed by atoms with E-state index in [1.807, 2.05) is 18.2 Å². The molecule has 0 aliphatic carbocycles. The lowest BCUT2D eigenvalue weighted by atomic mass is 10.2. The monoisotopic (exact) mass is 243 g/mol. The van der Waals surface area contributed by atoms with Crippen molar-refractivity contribution >= 4 is 23.2 Å². The summed E-state index contributed by atoms with van der Waals surface area (Å²) in [5, 5.41) is 5.34. The molecule has 1 heterocycles. The molecule has 0 aromatic heterocycles. The van der Waals surface area contributed by atoms with Crippen molar-refractivity contribution in [2.24, 2.45) is 0 Å². The number of fused-ring (bicyclic) bond motifs is 1. The number of benzene rings is 1. The molecule has 1 aromatic carbocycles. The first-order valence-corrected chi connectivity index (χ1v) is 5.54. The van der Waals surface area contributed by atoms with Crippen molar-refractivity contribution < 1.29 is 9.59 Å². The Hall–Kier alpha value is -2.48. The Morgan fingerprint density at radius 3 is 3.06 bits per heavy atom. The van der Waals surface area contributed by atoms with Crippen LogP contribution in [0.3, 0.4) is 0 Å². The molecule has 0 atom stereocenters. The minimum Gasteiger partial charge on any atom is -0.351 e. The number of nitrogens with zero attached hydrogens (tertiary/aromatic N) is 1. The van der Waals surface area contributed by atoms with Gasteiger partial charge in [-0.25, -0.2) is 0 Å². The van der Waals surface area contributed by atoms with Gasteiger partial charge in [-0.05, 0) is 12.1 Å². The Morgan fingerprint density at radius 1 is 1.50 bits per heavy atom. The van der Waals surface area contributed by atoms with E-state index in [0.717, 1.165) is 11.4 Å². The number of terminal acetylenes is 1. The summed E-state index contributed by atoms with van der Waals surface area (Å²) >= 11 is 0. The molecule has 5 heteroatoms. The molecule has 1 aliphatic heterocycles. The van der Waals surface area contributed by atoms with Crippen LogP contribution in [0.2, 0.25) is 0 Å². The van der Waals surface area contributed by atoms with E-state index in [1.165, 1.54) is 0 Å². The normalized spacial score (nSPS) is 13.3. The smallest absolute Gasteiger partial charge is 0.243 e. The van der Waals surface area contributed by atoms with Crippen molar-refractivity contribution in [2.75, 3.05) is 29.9 Å². The molecule has 2 N–H and O–H groups in total. The lowest BCUT2D eigenvalue weighted by molar-refractivity contribution is -0.119. The van der Waals surface area contributed by atoms with Crippen LogP contribution < -0.4 is 15.5 Å². The standard InChI is InChI=1S/C13H13N3O2/c1-2-7-14-12(17)8-16-9-13(18)15-10-5-3-4-6-11(10)16/h1,3-6H,7-9H2,(H,14,17)(H,15,18). The molecule has 0 radical (unpaired) electrons. The van der Waals surface area contributed by atoms with Gasteiger partial charge in [0.05, 0.1) is 31.0 Å². The van der Waals surface area contributed by atoms with Crippen molar-refractivity contribution in [2.45, 2.75) is 0 Å². The van der Waals surface area contributed by atoms with Crippen LogP contribution in [0.15, 0.2) is 24.3 Å². The fourth-order valence-corrected chi connectivity index (χ4v) is 1.82. The lowest BCUT2D eigenvalue weighted by Crippen LogP contribution is -2.44. The highest BCUT2D eigenvalue weighted by molar-refractivity contribution is 6.02. The molecule has 0 unspecified atom stereocenters. The van der Waals surface area contributed by atoms with Gasteiger partial charge >= 0.3 is 0 Å². The molecular formula is C13H13N3O2. The van der Waals surface area contributed by atoms with Crippen LogP contribution in [0.4, 0.5) is 11.4 Å². The second-order valence-corrected chi connectivity index (χ2v) is 3.90. The van der Waals surface area contributed by atoms with Crippen LogP contribution in [0.25, 0.3) is 0 Å². The van der Waals surface area contributed by atoms with Gasteiger partial charge in [-0.1, -0.05) is 18.1 Å². The third-order valence-electron chi connectivity index (χ3n) is 2.58. The summed E-state index contributed by atoms with van der Waals surface area (Å²) in [4.78, 5) is 24.8. The topological polar surface area (TPSA) is 61.4 Å². The maximum Gasteiger partial charge on any atom is 0.243 e. The number of nitrogens with one attached hydrogen (secondary N) is 2. The van der Waals surface area contributed by atoms with E-state index >= 15 is 0 Å². The van der Waals surface area contributed by atoms with Gasteiger partial charge in [0.15, 0.2) is 0 Å². The number of rotatable bonds is 3. The molecule has 1 aromatic rings. The SMILES string of the molecule is C#CCNC(=O)CN1CC(=O)Nc2ccccc21. The molecule has 0 saturated heterocycles. The highest BCUT2D eigenvalue weighted by atomic mass is 16.2. The van der Waals surface area contributed by atoms with Gasteiger partial charge in [-0.15, -0.1) is 6.42 Å². The summed E-state index contributed by atoms with van der Waals surface area (Å²) in [5.74, 6) is 2.01. The minimum absolute atomic E-state index is 0.117. The third-order valence-corrected chi connectivity index (χ3v) is 2.58. The van der Waals surface area contributed by atoms with Crippen LogP contribution in [0.5, 0.6) is 0 Å². The Bertz CT molecular complexity index is 519. The number of para-hydroxylation sites is 2. The van der Waals surface area contributed by atoms with E-state index < -0.39 is 0 Å². The molecule has 5 nitrogen and oxygen atoms in total. The van der Waals surface area contributed by atoms with Gasteiger partial charge < -0.3 is 15.5 Å². The molecule has 0 saturated carbocycles. The van der Waals surface area contributed by atoms with E-state index in [4.69, 9.17) is 6.42 Å². The first kappa shape index (κ1) is 12.0. The van der Waals surface area contributed by atoms with Gasteiger partial charge in [0.25, 0.3) is 0 Å². The predicted octanol–water partition coefficient (Wildman–Crippen LogP) is 0.194. The van der Waals surface area contributed by atoms with E-state index in [2.05, 4.69) is 16.6 Å². The molecule has 0 spiro atoms. The zero-order chi connectivity index (χ0) is 13.0. The Kier molecular flexibility index (Phi) is 3.49. The number of anilines is 2. The lowest BCUT2D eigenvalue weighted by Gasteiger charge is -2.30. The van der Waals surface area contributed by atoms with E-state index in [1.54, 1.807) is 11.0 Å². The number of amides is 2. The van der Waals surface area contributed by atoms with Crippen molar-refractivity contribution in [3.63, 3.8) is 0 Å². The summed E-state index contributed by atoms with van der Waals surface area (Å²) in [5.41, 5.74) is 1.56. The van der Waals surface area contributed by atoms with Crippen molar-refractivity contribution in [1.29, 1.82) is 0 Å². The third kappa shape index (κ3) is 2.61. The number of hydrogen-bond donors (Lipinski definition) is 2. The van der Waals surface area contributed by atoms with Gasteiger partial charge in [0.1, 0.15) is 0 Å². The van der Waals surface area contributed by atoms with Gasteiger partial charge in [0.2, 0.25) is 11.8 Å². The zero-order valence-electron chi connectivity index (χ0n) is 9.77. The van der Waals surface area contributed by atoms with Gasteiger partial charge in [-0.2, -0.15) is 0 Å². The molecule has 2 rings (SSSR count). The van der Waals surface area contributed by atoms with E-state index in [-0.39, 0.29) is 31.4 Å². The van der Waals surface area contributed by atoms with Crippen LogP contribution in [0, 0.1) is 12.3 Å². The van der Waals surface area contributed by atoms with Crippen LogP contribution in [-0.4, -0.2) is 31.4 Å². The maximum atomic E-state index is 11.6. The largest absolute Gasteiger partial charge is 0.351 e. The molecule has 18 heavy (non-hydrogen) atoms. The first-order valence-electron chi connectivity index (χ1n) is 5.54. The Morgan fingerprint density at radius 2 is 2.28 bits per heavy atom. The summed E-state index contributed by atoms with van der Waals surface area (Å²) < 4.78 is 0. The molecular weight excluding hydrogens is 230 g/mol. The van der Waals surface area contributed by atoms with Crippen LogP contribution >= 0.6 is 0 Å². The predicted molar refractivity (Wildman–Crippen MR) is 69.1 cm³/mol. The number of carbonyl (C=O) groups is 2. The second-order valence-electron chi connectivity index (χ2n) is 3.90.